The van der Waals surface area contributed by atoms with Crippen molar-refractivity contribution in [3.8, 4) is 17.6 Å². The molecule has 2 aromatic heterocycles. The highest BCUT2D eigenvalue weighted by molar-refractivity contribution is 5.85. The fourth-order valence-corrected chi connectivity index (χ4v) is 3.92. The summed E-state index contributed by atoms with van der Waals surface area (Å²) in [7, 11) is 1.58. The number of piperazine rings is 1. The average Bonchev–Trinajstić information content (AvgIpc) is 3.44. The van der Waals surface area contributed by atoms with E-state index in [1.807, 2.05) is 23.0 Å². The summed E-state index contributed by atoms with van der Waals surface area (Å²) < 4.78 is 18.9. The van der Waals surface area contributed by atoms with Gasteiger partial charge in [-0.3, -0.25) is 0 Å². The van der Waals surface area contributed by atoms with E-state index in [9.17, 15) is 0 Å². The molecule has 31 heavy (non-hydrogen) atoms. The molecule has 166 valence electrons. The molecule has 1 N–H and O–H groups in total. The van der Waals surface area contributed by atoms with Crippen LogP contribution in [0.5, 0.6) is 11.8 Å². The monoisotopic (exact) mass is 446 g/mol. The van der Waals surface area contributed by atoms with Gasteiger partial charge in [-0.2, -0.15) is 15.1 Å². The molecular weight excluding hydrogens is 420 g/mol. The Labute approximate surface area is 187 Å². The Balaban J connectivity index is 0.00000231. The maximum absolute atomic E-state index is 6.20. The number of nitrogens with zero attached hydrogens (tertiary/aromatic N) is 5. The van der Waals surface area contributed by atoms with E-state index in [1.165, 1.54) is 0 Å². The van der Waals surface area contributed by atoms with Crippen LogP contribution in [0, 0.1) is 6.92 Å². The number of aryl methyl sites for hydroxylation is 1. The van der Waals surface area contributed by atoms with Gasteiger partial charge >= 0.3 is 6.01 Å². The fourth-order valence-electron chi connectivity index (χ4n) is 3.92. The smallest absolute Gasteiger partial charge is 0.320 e. The lowest BCUT2D eigenvalue weighted by atomic mass is 10.1. The number of anilines is 1. The second kappa shape index (κ2) is 9.25. The molecule has 2 aliphatic rings. The second-order valence-corrected chi connectivity index (χ2v) is 7.64. The summed E-state index contributed by atoms with van der Waals surface area (Å²) in [5.41, 5.74) is 2.01. The Bertz CT molecular complexity index is 1050. The molecule has 2 fully saturated rings. The average molecular weight is 447 g/mol. The van der Waals surface area contributed by atoms with Crippen LogP contribution in [0.4, 0.5) is 5.82 Å². The van der Waals surface area contributed by atoms with Crippen LogP contribution in [0.1, 0.15) is 12.0 Å². The fraction of sp³-hybridized carbons (Fsp3) is 0.476. The van der Waals surface area contributed by atoms with Crippen molar-refractivity contribution in [1.82, 2.24) is 25.1 Å². The molecule has 2 saturated heterocycles. The van der Waals surface area contributed by atoms with Gasteiger partial charge in [-0.15, -0.1) is 12.4 Å². The molecule has 0 unspecified atom stereocenters. The van der Waals surface area contributed by atoms with Gasteiger partial charge < -0.3 is 24.4 Å². The first-order valence-corrected chi connectivity index (χ1v) is 10.3. The summed E-state index contributed by atoms with van der Waals surface area (Å²) >= 11 is 0. The Kier molecular flexibility index (Phi) is 6.45. The standard InChI is InChI=1S/C21H26N6O3.ClH/c1-14-9-15-12-23-27(17(15)10-18(14)30-16-3-8-29-13-16)20-11-19(24-21(25-20)28-2)26-6-4-22-5-7-26;/h9-12,16,22H,3-8,13H2,1-2H3;1H/t16-;/m0./s1. The summed E-state index contributed by atoms with van der Waals surface area (Å²) in [4.78, 5) is 11.3. The van der Waals surface area contributed by atoms with Crippen molar-refractivity contribution >= 4 is 29.1 Å². The van der Waals surface area contributed by atoms with Gasteiger partial charge in [-0.25, -0.2) is 4.68 Å². The van der Waals surface area contributed by atoms with Crippen molar-refractivity contribution in [3.63, 3.8) is 0 Å². The molecule has 4 heterocycles. The first-order valence-electron chi connectivity index (χ1n) is 10.3. The highest BCUT2D eigenvalue weighted by Crippen LogP contribution is 2.29. The summed E-state index contributed by atoms with van der Waals surface area (Å²) in [6.07, 6.45) is 2.86. The lowest BCUT2D eigenvalue weighted by Crippen LogP contribution is -2.44. The lowest BCUT2D eigenvalue weighted by molar-refractivity contribution is 0.141. The first-order chi connectivity index (χ1) is 14.7. The van der Waals surface area contributed by atoms with Crippen molar-refractivity contribution in [2.24, 2.45) is 0 Å². The molecule has 0 spiro atoms. The number of hydrogen-bond acceptors (Lipinski definition) is 8. The molecule has 5 rings (SSSR count). The van der Waals surface area contributed by atoms with Crippen LogP contribution in [0.2, 0.25) is 0 Å². The van der Waals surface area contributed by atoms with E-state index in [4.69, 9.17) is 14.2 Å². The maximum atomic E-state index is 6.20. The van der Waals surface area contributed by atoms with E-state index < -0.39 is 0 Å². The minimum atomic E-state index is 0. The second-order valence-electron chi connectivity index (χ2n) is 7.64. The molecule has 0 amide bonds. The van der Waals surface area contributed by atoms with Gasteiger partial charge in [0, 0.05) is 50.1 Å². The van der Waals surface area contributed by atoms with E-state index in [-0.39, 0.29) is 18.5 Å². The van der Waals surface area contributed by atoms with Crippen LogP contribution >= 0.6 is 12.4 Å². The molecule has 3 aromatic rings. The first kappa shape index (κ1) is 21.6. The molecule has 9 nitrogen and oxygen atoms in total. The number of aromatic nitrogens is 4. The molecule has 1 aromatic carbocycles. The van der Waals surface area contributed by atoms with Gasteiger partial charge in [-0.1, -0.05) is 0 Å². The number of rotatable bonds is 5. The minimum Gasteiger partial charge on any atom is -0.488 e. The van der Waals surface area contributed by atoms with Gasteiger partial charge in [0.15, 0.2) is 5.82 Å². The molecular formula is C21H27ClN6O3. The number of halogens is 1. The third kappa shape index (κ3) is 4.39. The van der Waals surface area contributed by atoms with E-state index >= 15 is 0 Å². The lowest BCUT2D eigenvalue weighted by Gasteiger charge is -2.28. The molecule has 10 heteroatoms. The molecule has 2 aliphatic heterocycles. The summed E-state index contributed by atoms with van der Waals surface area (Å²) in [5.74, 6) is 2.36. The zero-order valence-corrected chi connectivity index (χ0v) is 18.5. The predicted octanol–water partition coefficient (Wildman–Crippen LogP) is 2.13. The summed E-state index contributed by atoms with van der Waals surface area (Å²) in [6, 6.07) is 6.43. The van der Waals surface area contributed by atoms with E-state index in [0.29, 0.717) is 18.4 Å². The molecule has 0 radical (unpaired) electrons. The van der Waals surface area contributed by atoms with Crippen molar-refractivity contribution in [2.45, 2.75) is 19.4 Å². The van der Waals surface area contributed by atoms with Crippen LogP contribution in [0.25, 0.3) is 16.7 Å². The Morgan fingerprint density at radius 3 is 2.68 bits per heavy atom. The number of methoxy groups -OCH3 is 1. The van der Waals surface area contributed by atoms with Crippen molar-refractivity contribution in [3.05, 3.63) is 30.0 Å². The van der Waals surface area contributed by atoms with Crippen LogP contribution in [0.3, 0.4) is 0 Å². The third-order valence-electron chi connectivity index (χ3n) is 5.57. The predicted molar refractivity (Wildman–Crippen MR) is 120 cm³/mol. The van der Waals surface area contributed by atoms with Crippen molar-refractivity contribution in [2.75, 3.05) is 51.4 Å². The Hall–Kier alpha value is -2.62. The van der Waals surface area contributed by atoms with Crippen molar-refractivity contribution in [1.29, 1.82) is 0 Å². The number of benzene rings is 1. The Morgan fingerprint density at radius 1 is 1.13 bits per heavy atom. The summed E-state index contributed by atoms with van der Waals surface area (Å²) in [5, 5.41) is 9.00. The Morgan fingerprint density at radius 2 is 1.94 bits per heavy atom. The topological polar surface area (TPSA) is 86.6 Å². The van der Waals surface area contributed by atoms with Gasteiger partial charge in [0.2, 0.25) is 0 Å². The van der Waals surface area contributed by atoms with Crippen LogP contribution < -0.4 is 19.7 Å². The van der Waals surface area contributed by atoms with E-state index in [1.54, 1.807) is 7.11 Å². The normalized spacial score (nSPS) is 18.8. The SMILES string of the molecule is COc1nc(N2CCNCC2)cc(-n2ncc3cc(C)c(O[C@H]4CCOC4)cc32)n1.Cl. The third-order valence-corrected chi connectivity index (χ3v) is 5.57. The zero-order chi connectivity index (χ0) is 20.5. The number of fused-ring (bicyclic) bond motifs is 1. The molecule has 0 saturated carbocycles. The van der Waals surface area contributed by atoms with E-state index in [2.05, 4.69) is 38.3 Å². The van der Waals surface area contributed by atoms with E-state index in [0.717, 1.165) is 67.2 Å². The van der Waals surface area contributed by atoms with Gasteiger partial charge in [0.05, 0.1) is 32.0 Å². The summed E-state index contributed by atoms with van der Waals surface area (Å²) in [6.45, 7) is 7.07. The van der Waals surface area contributed by atoms with Gasteiger partial charge in [0.25, 0.3) is 0 Å². The zero-order valence-electron chi connectivity index (χ0n) is 17.7. The number of nitrogens with one attached hydrogen (secondary N) is 1. The van der Waals surface area contributed by atoms with Gasteiger partial charge in [0.1, 0.15) is 17.7 Å². The molecule has 0 bridgehead atoms. The van der Waals surface area contributed by atoms with Crippen LogP contribution in [-0.2, 0) is 4.74 Å². The molecule has 1 atom stereocenters. The number of ether oxygens (including phenoxy) is 3. The highest BCUT2D eigenvalue weighted by Gasteiger charge is 2.20. The van der Waals surface area contributed by atoms with Crippen molar-refractivity contribution < 1.29 is 14.2 Å². The molecule has 0 aliphatic carbocycles. The highest BCUT2D eigenvalue weighted by atomic mass is 35.5. The largest absolute Gasteiger partial charge is 0.488 e. The number of hydrogen-bond donors (Lipinski definition) is 1. The van der Waals surface area contributed by atoms with Gasteiger partial charge in [-0.05, 0) is 18.6 Å². The van der Waals surface area contributed by atoms with Crippen LogP contribution in [0.15, 0.2) is 24.4 Å². The maximum Gasteiger partial charge on any atom is 0.320 e. The minimum absolute atomic E-state index is 0. The quantitative estimate of drug-likeness (QED) is 0.638. The van der Waals surface area contributed by atoms with Crippen LogP contribution in [-0.4, -0.2) is 72.4 Å².